The fourth-order valence-electron chi connectivity index (χ4n) is 2.31. The van der Waals surface area contributed by atoms with Gasteiger partial charge in [-0.05, 0) is 25.3 Å². The highest BCUT2D eigenvalue weighted by Gasteiger charge is 2.32. The molecule has 3 rings (SSSR count). The second-order valence-corrected chi connectivity index (χ2v) is 5.96. The lowest BCUT2D eigenvalue weighted by molar-refractivity contribution is 0.0932. The van der Waals surface area contributed by atoms with E-state index >= 15 is 0 Å². The molecule has 0 spiro atoms. The summed E-state index contributed by atoms with van der Waals surface area (Å²) in [4.78, 5) is 12.1. The van der Waals surface area contributed by atoms with Gasteiger partial charge in [0.15, 0.2) is 0 Å². The zero-order valence-electron chi connectivity index (χ0n) is 10.5. The minimum Gasteiger partial charge on any atom is -0.350 e. The largest absolute Gasteiger partial charge is 0.350 e. The van der Waals surface area contributed by atoms with E-state index in [4.69, 9.17) is 5.73 Å². The summed E-state index contributed by atoms with van der Waals surface area (Å²) in [6.07, 6.45) is 3.20. The van der Waals surface area contributed by atoms with Crippen molar-refractivity contribution in [2.75, 3.05) is 6.54 Å². The summed E-state index contributed by atoms with van der Waals surface area (Å²) in [7, 11) is 0. The first-order chi connectivity index (χ1) is 8.68. The van der Waals surface area contributed by atoms with E-state index in [1.807, 2.05) is 29.6 Å². The van der Waals surface area contributed by atoms with Crippen molar-refractivity contribution in [1.82, 2.24) is 5.32 Å². The molecule has 1 fully saturated rings. The van der Waals surface area contributed by atoms with Crippen LogP contribution in [0.1, 0.15) is 29.6 Å². The van der Waals surface area contributed by atoms with Crippen molar-refractivity contribution in [3.05, 3.63) is 35.2 Å². The fraction of sp³-hybridized carbons (Fsp3) is 0.357. The zero-order valence-corrected chi connectivity index (χ0v) is 12.2. The quantitative estimate of drug-likeness (QED) is 0.915. The molecule has 1 aliphatic carbocycles. The van der Waals surface area contributed by atoms with E-state index in [1.165, 1.54) is 6.42 Å². The monoisotopic (exact) mass is 296 g/mol. The van der Waals surface area contributed by atoms with Gasteiger partial charge in [-0.25, -0.2) is 0 Å². The molecule has 2 aromatic rings. The van der Waals surface area contributed by atoms with Crippen molar-refractivity contribution < 1.29 is 4.79 Å². The number of carbonyl (C=O) groups excluding carboxylic acids is 1. The molecular weight excluding hydrogens is 280 g/mol. The number of benzene rings is 1. The summed E-state index contributed by atoms with van der Waals surface area (Å²) in [6, 6.07) is 7.97. The van der Waals surface area contributed by atoms with E-state index in [0.29, 0.717) is 6.54 Å². The Labute approximate surface area is 122 Å². The van der Waals surface area contributed by atoms with E-state index in [9.17, 15) is 4.79 Å². The molecule has 0 bridgehead atoms. The van der Waals surface area contributed by atoms with Gasteiger partial charge in [-0.15, -0.1) is 23.7 Å². The molecule has 102 valence electrons. The number of hydrogen-bond donors (Lipinski definition) is 2. The maximum absolute atomic E-state index is 12.1. The smallest absolute Gasteiger partial charge is 0.252 e. The number of nitrogens with two attached hydrogens (primary N) is 1. The Hall–Kier alpha value is -1.10. The molecule has 5 heteroatoms. The predicted molar refractivity (Wildman–Crippen MR) is 82.2 cm³/mol. The minimum absolute atomic E-state index is 0. The van der Waals surface area contributed by atoms with Gasteiger partial charge in [0, 0.05) is 27.5 Å². The van der Waals surface area contributed by atoms with Gasteiger partial charge in [0.1, 0.15) is 0 Å². The SMILES string of the molecule is Cl.NC1(CNC(=O)c2csc3ccccc23)CCC1. The number of fused-ring (bicyclic) bond motifs is 1. The minimum atomic E-state index is -0.165. The summed E-state index contributed by atoms with van der Waals surface area (Å²) < 4.78 is 1.15. The van der Waals surface area contributed by atoms with Crippen molar-refractivity contribution in [3.63, 3.8) is 0 Å². The number of carbonyl (C=O) groups is 1. The molecule has 0 radical (unpaired) electrons. The average molecular weight is 297 g/mol. The lowest BCUT2D eigenvalue weighted by Gasteiger charge is -2.38. The molecule has 1 heterocycles. The second kappa shape index (κ2) is 5.49. The maximum atomic E-state index is 12.1. The van der Waals surface area contributed by atoms with Crippen LogP contribution in [0, 0.1) is 0 Å². The Balaban J connectivity index is 0.00000133. The molecule has 19 heavy (non-hydrogen) atoms. The molecule has 1 aliphatic rings. The predicted octanol–water partition coefficient (Wildman–Crippen LogP) is 2.93. The van der Waals surface area contributed by atoms with Crippen LogP contribution in [0.3, 0.4) is 0 Å². The normalized spacial score (nSPS) is 16.5. The van der Waals surface area contributed by atoms with Gasteiger partial charge in [0.05, 0.1) is 5.56 Å². The third-order valence-electron chi connectivity index (χ3n) is 3.68. The van der Waals surface area contributed by atoms with E-state index in [2.05, 4.69) is 5.32 Å². The Bertz CT molecular complexity index is 592. The lowest BCUT2D eigenvalue weighted by Crippen LogP contribution is -2.54. The van der Waals surface area contributed by atoms with Crippen LogP contribution in [-0.2, 0) is 0 Å². The molecule has 1 aromatic heterocycles. The van der Waals surface area contributed by atoms with Crippen molar-refractivity contribution in [2.24, 2.45) is 5.73 Å². The van der Waals surface area contributed by atoms with Crippen LogP contribution in [0.25, 0.3) is 10.1 Å². The molecule has 3 nitrogen and oxygen atoms in total. The van der Waals surface area contributed by atoms with Crippen LogP contribution in [-0.4, -0.2) is 18.0 Å². The summed E-state index contributed by atoms with van der Waals surface area (Å²) >= 11 is 1.60. The van der Waals surface area contributed by atoms with Crippen LogP contribution in [0.5, 0.6) is 0 Å². The molecule has 0 unspecified atom stereocenters. The van der Waals surface area contributed by atoms with Crippen molar-refractivity contribution in [2.45, 2.75) is 24.8 Å². The first-order valence-electron chi connectivity index (χ1n) is 6.21. The molecule has 0 saturated heterocycles. The maximum Gasteiger partial charge on any atom is 0.252 e. The van der Waals surface area contributed by atoms with Crippen LogP contribution < -0.4 is 11.1 Å². The summed E-state index contributed by atoms with van der Waals surface area (Å²) in [5.41, 5.74) is 6.70. The van der Waals surface area contributed by atoms with Gasteiger partial charge in [-0.2, -0.15) is 0 Å². The Morgan fingerprint density at radius 3 is 2.79 bits per heavy atom. The molecule has 1 aromatic carbocycles. The number of amides is 1. The Morgan fingerprint density at radius 2 is 2.11 bits per heavy atom. The summed E-state index contributed by atoms with van der Waals surface area (Å²) in [5, 5.41) is 5.91. The molecular formula is C14H17ClN2OS. The van der Waals surface area contributed by atoms with Crippen LogP contribution in [0.4, 0.5) is 0 Å². The van der Waals surface area contributed by atoms with Crippen molar-refractivity contribution in [3.8, 4) is 0 Å². The summed E-state index contributed by atoms with van der Waals surface area (Å²) in [5.74, 6) is -0.0100. The van der Waals surface area contributed by atoms with Crippen LogP contribution in [0.2, 0.25) is 0 Å². The third kappa shape index (κ3) is 2.76. The standard InChI is InChI=1S/C14H16N2OS.ClH/c15-14(6-3-7-14)9-16-13(17)11-8-18-12-5-2-1-4-10(11)12;/h1-2,4-5,8H,3,6-7,9,15H2,(H,16,17);1H. The van der Waals surface area contributed by atoms with Gasteiger partial charge in [-0.1, -0.05) is 18.2 Å². The highest BCUT2D eigenvalue weighted by Crippen LogP contribution is 2.29. The van der Waals surface area contributed by atoms with Crippen LogP contribution >= 0.6 is 23.7 Å². The first-order valence-corrected chi connectivity index (χ1v) is 7.09. The Morgan fingerprint density at radius 1 is 1.37 bits per heavy atom. The number of halogens is 1. The molecule has 0 aliphatic heterocycles. The molecule has 1 amide bonds. The third-order valence-corrected chi connectivity index (χ3v) is 4.64. The lowest BCUT2D eigenvalue weighted by atomic mass is 9.78. The number of nitrogens with one attached hydrogen (secondary N) is 1. The van der Waals surface area contributed by atoms with Crippen molar-refractivity contribution >= 4 is 39.7 Å². The highest BCUT2D eigenvalue weighted by atomic mass is 35.5. The topological polar surface area (TPSA) is 55.1 Å². The number of hydrogen-bond acceptors (Lipinski definition) is 3. The number of rotatable bonds is 3. The van der Waals surface area contributed by atoms with Gasteiger partial charge in [0.25, 0.3) is 5.91 Å². The van der Waals surface area contributed by atoms with Gasteiger partial charge in [0.2, 0.25) is 0 Å². The average Bonchev–Trinajstić information content (AvgIpc) is 2.77. The van der Waals surface area contributed by atoms with Gasteiger partial charge < -0.3 is 11.1 Å². The van der Waals surface area contributed by atoms with E-state index in [1.54, 1.807) is 11.3 Å². The van der Waals surface area contributed by atoms with Gasteiger partial charge in [-0.3, -0.25) is 4.79 Å². The zero-order chi connectivity index (χ0) is 12.6. The first kappa shape index (κ1) is 14.3. The fourth-order valence-corrected chi connectivity index (χ4v) is 3.25. The molecule has 0 atom stereocenters. The molecule has 3 N–H and O–H groups in total. The van der Waals surface area contributed by atoms with E-state index in [-0.39, 0.29) is 23.9 Å². The summed E-state index contributed by atoms with van der Waals surface area (Å²) in [6.45, 7) is 0.579. The number of thiophene rings is 1. The Kier molecular flexibility index (Phi) is 4.13. The van der Waals surface area contributed by atoms with Crippen molar-refractivity contribution in [1.29, 1.82) is 0 Å². The van der Waals surface area contributed by atoms with Gasteiger partial charge >= 0.3 is 0 Å². The van der Waals surface area contributed by atoms with E-state index in [0.717, 1.165) is 28.5 Å². The van der Waals surface area contributed by atoms with E-state index < -0.39 is 0 Å². The van der Waals surface area contributed by atoms with Crippen LogP contribution in [0.15, 0.2) is 29.6 Å². The highest BCUT2D eigenvalue weighted by molar-refractivity contribution is 7.17. The molecule has 1 saturated carbocycles. The second-order valence-electron chi connectivity index (χ2n) is 5.04.